The Hall–Kier alpha value is -1.46. The smallest absolute Gasteiger partial charge is 0.129 e. The van der Waals surface area contributed by atoms with Crippen LogP contribution in [0.5, 0.6) is 5.75 Å². The molecule has 20 heavy (non-hydrogen) atoms. The Balaban J connectivity index is 2.28. The number of rotatable bonds is 6. The molecule has 2 aromatic rings. The molecule has 0 bridgehead atoms. The molecule has 0 spiro atoms. The van der Waals surface area contributed by atoms with Crippen LogP contribution < -0.4 is 10.1 Å². The van der Waals surface area contributed by atoms with Crippen LogP contribution in [0.3, 0.4) is 0 Å². The third-order valence-electron chi connectivity index (χ3n) is 2.97. The van der Waals surface area contributed by atoms with Crippen LogP contribution in [-0.4, -0.2) is 30.7 Å². The number of aryl methyl sites for hydroxylation is 1. The van der Waals surface area contributed by atoms with Crippen LogP contribution in [0.15, 0.2) is 34.9 Å². The van der Waals surface area contributed by atoms with E-state index in [4.69, 9.17) is 4.74 Å². The molecule has 0 saturated heterocycles. The second kappa shape index (κ2) is 7.36. The van der Waals surface area contributed by atoms with Gasteiger partial charge in [-0.2, -0.15) is 0 Å². The van der Waals surface area contributed by atoms with Crippen molar-refractivity contribution in [3.8, 4) is 17.0 Å². The monoisotopic (exact) mass is 335 g/mol. The van der Waals surface area contributed by atoms with E-state index in [9.17, 15) is 0 Å². The fraction of sp³-hybridized carbons (Fsp3) is 0.333. The lowest BCUT2D eigenvalue weighted by Gasteiger charge is -2.09. The highest BCUT2D eigenvalue weighted by Crippen LogP contribution is 2.31. The fourth-order valence-corrected chi connectivity index (χ4v) is 2.33. The lowest BCUT2D eigenvalue weighted by Crippen LogP contribution is -2.09. The minimum atomic E-state index is 0.813. The van der Waals surface area contributed by atoms with Gasteiger partial charge in [0.15, 0.2) is 0 Å². The number of hydrogen-bond donors (Lipinski definition) is 1. The van der Waals surface area contributed by atoms with E-state index in [0.29, 0.717) is 0 Å². The first-order valence-corrected chi connectivity index (χ1v) is 7.34. The Labute approximate surface area is 127 Å². The number of ether oxygens (including phenoxy) is 1. The van der Waals surface area contributed by atoms with Gasteiger partial charge in [0.25, 0.3) is 0 Å². The Morgan fingerprint density at radius 3 is 2.90 bits per heavy atom. The predicted molar refractivity (Wildman–Crippen MR) is 84.0 cm³/mol. The topological polar surface area (TPSA) is 47.0 Å². The van der Waals surface area contributed by atoms with E-state index in [1.165, 1.54) is 0 Å². The van der Waals surface area contributed by atoms with Gasteiger partial charge in [-0.3, -0.25) is 0 Å². The number of benzene rings is 1. The molecule has 106 valence electrons. The van der Waals surface area contributed by atoms with E-state index >= 15 is 0 Å². The van der Waals surface area contributed by atoms with Gasteiger partial charge in [-0.15, -0.1) is 0 Å². The summed E-state index contributed by atoms with van der Waals surface area (Å²) in [5.41, 5.74) is 1.86. The van der Waals surface area contributed by atoms with Crippen molar-refractivity contribution in [2.45, 2.75) is 12.8 Å². The summed E-state index contributed by atoms with van der Waals surface area (Å²) in [6.45, 7) is 0.966. The molecule has 5 heteroatoms. The first-order chi connectivity index (χ1) is 9.74. The van der Waals surface area contributed by atoms with Crippen molar-refractivity contribution in [2.75, 3.05) is 20.7 Å². The Morgan fingerprint density at radius 2 is 2.15 bits per heavy atom. The van der Waals surface area contributed by atoms with Crippen LogP contribution in [0.25, 0.3) is 11.3 Å². The Kier molecular flexibility index (Phi) is 5.49. The fourth-order valence-electron chi connectivity index (χ4n) is 1.97. The van der Waals surface area contributed by atoms with Gasteiger partial charge in [0.2, 0.25) is 0 Å². The average molecular weight is 336 g/mol. The molecule has 1 N–H and O–H groups in total. The van der Waals surface area contributed by atoms with Crippen molar-refractivity contribution in [1.82, 2.24) is 15.3 Å². The SMILES string of the molecule is CNCCCc1nccc(-c2cc(Br)ccc2OC)n1. The summed E-state index contributed by atoms with van der Waals surface area (Å²) in [4.78, 5) is 8.95. The number of hydrogen-bond acceptors (Lipinski definition) is 4. The second-order valence-corrected chi connectivity index (χ2v) is 5.33. The van der Waals surface area contributed by atoms with Crippen molar-refractivity contribution >= 4 is 15.9 Å². The van der Waals surface area contributed by atoms with Crippen LogP contribution in [0.2, 0.25) is 0 Å². The molecule has 0 saturated carbocycles. The van der Waals surface area contributed by atoms with Crippen LogP contribution >= 0.6 is 15.9 Å². The van der Waals surface area contributed by atoms with Crippen LogP contribution in [0.4, 0.5) is 0 Å². The van der Waals surface area contributed by atoms with Gasteiger partial charge in [0.1, 0.15) is 11.6 Å². The van der Waals surface area contributed by atoms with Crippen molar-refractivity contribution in [3.63, 3.8) is 0 Å². The number of methoxy groups -OCH3 is 1. The molecule has 1 aromatic carbocycles. The van der Waals surface area contributed by atoms with Crippen LogP contribution in [0.1, 0.15) is 12.2 Å². The van der Waals surface area contributed by atoms with Crippen molar-refractivity contribution in [1.29, 1.82) is 0 Å². The van der Waals surface area contributed by atoms with E-state index in [2.05, 4.69) is 31.2 Å². The number of aromatic nitrogens is 2. The van der Waals surface area contributed by atoms with Crippen molar-refractivity contribution < 1.29 is 4.74 Å². The quantitative estimate of drug-likeness (QED) is 0.824. The Morgan fingerprint density at radius 1 is 1.30 bits per heavy atom. The molecule has 0 amide bonds. The zero-order chi connectivity index (χ0) is 14.4. The summed E-state index contributed by atoms with van der Waals surface area (Å²) in [5.74, 6) is 1.67. The maximum absolute atomic E-state index is 5.40. The molecule has 0 aliphatic heterocycles. The number of nitrogens with one attached hydrogen (secondary N) is 1. The molecule has 0 atom stereocenters. The molecular weight excluding hydrogens is 318 g/mol. The summed E-state index contributed by atoms with van der Waals surface area (Å²) in [6.07, 6.45) is 3.69. The molecule has 0 unspecified atom stereocenters. The second-order valence-electron chi connectivity index (χ2n) is 4.41. The van der Waals surface area contributed by atoms with E-state index in [-0.39, 0.29) is 0 Å². The maximum Gasteiger partial charge on any atom is 0.129 e. The van der Waals surface area contributed by atoms with Gasteiger partial charge >= 0.3 is 0 Å². The maximum atomic E-state index is 5.40. The van der Waals surface area contributed by atoms with E-state index in [1.54, 1.807) is 13.3 Å². The number of halogens is 1. The molecule has 1 heterocycles. The van der Waals surface area contributed by atoms with Gasteiger partial charge in [0, 0.05) is 22.7 Å². The van der Waals surface area contributed by atoms with Crippen LogP contribution in [-0.2, 0) is 6.42 Å². The van der Waals surface area contributed by atoms with Crippen LogP contribution in [0, 0.1) is 0 Å². The zero-order valence-electron chi connectivity index (χ0n) is 11.7. The summed E-state index contributed by atoms with van der Waals surface area (Å²) in [5, 5.41) is 3.13. The van der Waals surface area contributed by atoms with Gasteiger partial charge in [-0.05, 0) is 44.3 Å². The molecular formula is C15H18BrN3O. The van der Waals surface area contributed by atoms with Crippen molar-refractivity contribution in [3.05, 3.63) is 40.8 Å². The predicted octanol–water partition coefficient (Wildman–Crippen LogP) is 3.07. The molecule has 2 rings (SSSR count). The highest BCUT2D eigenvalue weighted by Gasteiger charge is 2.09. The minimum Gasteiger partial charge on any atom is -0.496 e. The van der Waals surface area contributed by atoms with Gasteiger partial charge in [-0.25, -0.2) is 9.97 Å². The van der Waals surface area contributed by atoms with Gasteiger partial charge in [0.05, 0.1) is 12.8 Å². The third kappa shape index (κ3) is 3.77. The average Bonchev–Trinajstić information content (AvgIpc) is 2.48. The molecule has 0 aliphatic rings. The summed E-state index contributed by atoms with van der Waals surface area (Å²) >= 11 is 3.49. The number of nitrogens with zero attached hydrogens (tertiary/aromatic N) is 2. The van der Waals surface area contributed by atoms with Gasteiger partial charge in [-0.1, -0.05) is 15.9 Å². The molecule has 4 nitrogen and oxygen atoms in total. The van der Waals surface area contributed by atoms with E-state index in [1.807, 2.05) is 31.3 Å². The molecule has 0 fully saturated rings. The standard InChI is InChI=1S/C15H18BrN3O/c1-17-8-3-4-15-18-9-7-13(19-15)12-10-11(16)5-6-14(12)20-2/h5-7,9-10,17H,3-4,8H2,1-2H3. The molecule has 0 aliphatic carbocycles. The highest BCUT2D eigenvalue weighted by atomic mass is 79.9. The normalized spacial score (nSPS) is 10.6. The van der Waals surface area contributed by atoms with Crippen molar-refractivity contribution in [2.24, 2.45) is 0 Å². The minimum absolute atomic E-state index is 0.813. The van der Waals surface area contributed by atoms with E-state index in [0.717, 1.165) is 46.7 Å². The Bertz CT molecular complexity index is 575. The zero-order valence-corrected chi connectivity index (χ0v) is 13.3. The molecule has 0 radical (unpaired) electrons. The first kappa shape index (κ1) is 14.9. The lowest BCUT2D eigenvalue weighted by atomic mass is 10.1. The molecule has 1 aromatic heterocycles. The highest BCUT2D eigenvalue weighted by molar-refractivity contribution is 9.10. The first-order valence-electron chi connectivity index (χ1n) is 6.55. The largest absolute Gasteiger partial charge is 0.496 e. The summed E-state index contributed by atoms with van der Waals surface area (Å²) in [7, 11) is 3.62. The van der Waals surface area contributed by atoms with Gasteiger partial charge < -0.3 is 10.1 Å². The summed E-state index contributed by atoms with van der Waals surface area (Å²) in [6, 6.07) is 7.81. The summed E-state index contributed by atoms with van der Waals surface area (Å²) < 4.78 is 6.41. The lowest BCUT2D eigenvalue weighted by molar-refractivity contribution is 0.416. The third-order valence-corrected chi connectivity index (χ3v) is 3.46. The van der Waals surface area contributed by atoms with E-state index < -0.39 is 0 Å².